The zero-order valence-electron chi connectivity index (χ0n) is 9.88. The Kier molecular flexibility index (Phi) is 4.62. The number of nitrogens with one attached hydrogen (secondary N) is 1. The Morgan fingerprint density at radius 1 is 0.889 bits per heavy atom. The normalized spacial score (nSPS) is 11.7. The van der Waals surface area contributed by atoms with Gasteiger partial charge in [-0.2, -0.15) is 0 Å². The second kappa shape index (κ2) is 6.67. The molecule has 0 aliphatic rings. The van der Waals surface area contributed by atoms with Crippen LogP contribution in [0, 0.1) is 0 Å². The summed E-state index contributed by atoms with van der Waals surface area (Å²) in [6, 6.07) is 19.9. The first-order chi connectivity index (χ1) is 8.84. The van der Waals surface area contributed by atoms with E-state index in [0.717, 1.165) is 11.3 Å². The molecular formula is C16H14ClN. The Morgan fingerprint density at radius 2 is 1.50 bits per heavy atom. The van der Waals surface area contributed by atoms with Gasteiger partial charge >= 0.3 is 0 Å². The molecule has 0 unspecified atom stereocenters. The summed E-state index contributed by atoms with van der Waals surface area (Å²) in [5.74, 6) is 0. The fourth-order valence-electron chi connectivity index (χ4n) is 1.51. The summed E-state index contributed by atoms with van der Waals surface area (Å²) < 4.78 is 0. The predicted molar refractivity (Wildman–Crippen MR) is 79.5 cm³/mol. The Morgan fingerprint density at radius 3 is 2.17 bits per heavy atom. The summed E-state index contributed by atoms with van der Waals surface area (Å²) in [6.07, 6.45) is 5.59. The van der Waals surface area contributed by atoms with Crippen LogP contribution in [0.5, 0.6) is 0 Å². The highest BCUT2D eigenvalue weighted by Gasteiger charge is 1.89. The molecule has 0 heterocycles. The first-order valence-electron chi connectivity index (χ1n) is 5.75. The third kappa shape index (κ3) is 4.11. The molecule has 1 N–H and O–H groups in total. The third-order valence-corrected chi connectivity index (χ3v) is 2.61. The van der Waals surface area contributed by atoms with E-state index in [0.29, 0.717) is 5.03 Å². The van der Waals surface area contributed by atoms with Crippen LogP contribution in [-0.4, -0.2) is 0 Å². The molecule has 0 saturated carbocycles. The lowest BCUT2D eigenvalue weighted by Crippen LogP contribution is -1.85. The van der Waals surface area contributed by atoms with E-state index >= 15 is 0 Å². The van der Waals surface area contributed by atoms with Gasteiger partial charge in [-0.1, -0.05) is 60.1 Å². The maximum absolute atomic E-state index is 6.12. The highest BCUT2D eigenvalue weighted by molar-refractivity contribution is 6.33. The maximum atomic E-state index is 6.12. The fraction of sp³-hybridized carbons (Fsp3) is 0. The molecule has 0 saturated heterocycles. The average Bonchev–Trinajstić information content (AvgIpc) is 2.41. The maximum Gasteiger partial charge on any atom is 0.0426 e. The van der Waals surface area contributed by atoms with Crippen molar-refractivity contribution >= 4 is 23.4 Å². The van der Waals surface area contributed by atoms with Crippen LogP contribution >= 0.6 is 11.6 Å². The summed E-state index contributed by atoms with van der Waals surface area (Å²) in [6.45, 7) is 0. The van der Waals surface area contributed by atoms with Gasteiger partial charge in [-0.25, -0.2) is 0 Å². The lowest BCUT2D eigenvalue weighted by Gasteiger charge is -1.98. The van der Waals surface area contributed by atoms with Gasteiger partial charge in [0.1, 0.15) is 0 Å². The minimum Gasteiger partial charge on any atom is -0.362 e. The molecule has 0 fully saturated rings. The number of allylic oxidation sites excluding steroid dienone is 2. The molecule has 2 aromatic carbocycles. The van der Waals surface area contributed by atoms with Crippen molar-refractivity contribution in [1.82, 2.24) is 0 Å². The number of halogens is 1. The van der Waals surface area contributed by atoms with Crippen molar-refractivity contribution in [2.45, 2.75) is 0 Å². The largest absolute Gasteiger partial charge is 0.362 e. The van der Waals surface area contributed by atoms with Gasteiger partial charge in [-0.05, 0) is 29.8 Å². The van der Waals surface area contributed by atoms with E-state index in [1.807, 2.05) is 79.0 Å². The lowest BCUT2D eigenvalue weighted by molar-refractivity contribution is 1.58. The summed E-state index contributed by atoms with van der Waals surface area (Å²) >= 11 is 6.12. The topological polar surface area (TPSA) is 12.0 Å². The molecule has 0 amide bonds. The molecule has 0 aliphatic carbocycles. The molecule has 0 spiro atoms. The van der Waals surface area contributed by atoms with Crippen LogP contribution in [0.25, 0.3) is 6.08 Å². The lowest BCUT2D eigenvalue weighted by atomic mass is 10.2. The Hall–Kier alpha value is -1.99. The molecule has 1 nitrogen and oxygen atoms in total. The molecule has 0 radical (unpaired) electrons. The fourth-order valence-corrected chi connectivity index (χ4v) is 1.70. The van der Waals surface area contributed by atoms with Crippen molar-refractivity contribution in [1.29, 1.82) is 0 Å². The molecule has 0 bridgehead atoms. The van der Waals surface area contributed by atoms with Gasteiger partial charge in [0, 0.05) is 16.9 Å². The summed E-state index contributed by atoms with van der Waals surface area (Å²) in [5, 5.41) is 3.84. The van der Waals surface area contributed by atoms with E-state index in [-0.39, 0.29) is 0 Å². The van der Waals surface area contributed by atoms with Crippen LogP contribution < -0.4 is 5.32 Å². The van der Waals surface area contributed by atoms with Gasteiger partial charge < -0.3 is 5.32 Å². The van der Waals surface area contributed by atoms with E-state index in [1.54, 1.807) is 0 Å². The van der Waals surface area contributed by atoms with Crippen molar-refractivity contribution < 1.29 is 0 Å². The smallest absolute Gasteiger partial charge is 0.0426 e. The molecule has 90 valence electrons. The van der Waals surface area contributed by atoms with Crippen molar-refractivity contribution in [3.63, 3.8) is 0 Å². The first kappa shape index (κ1) is 12.5. The average molecular weight is 256 g/mol. The first-order valence-corrected chi connectivity index (χ1v) is 6.13. The summed E-state index contributed by atoms with van der Waals surface area (Å²) in [4.78, 5) is 0. The number of para-hydroxylation sites is 1. The van der Waals surface area contributed by atoms with Crippen molar-refractivity contribution in [3.8, 4) is 0 Å². The van der Waals surface area contributed by atoms with Gasteiger partial charge in [0.25, 0.3) is 0 Å². The summed E-state index contributed by atoms with van der Waals surface area (Å²) in [5.41, 5.74) is 2.13. The van der Waals surface area contributed by atoms with E-state index in [2.05, 4.69) is 5.32 Å². The molecule has 2 rings (SSSR count). The third-order valence-electron chi connectivity index (χ3n) is 2.37. The van der Waals surface area contributed by atoms with Gasteiger partial charge in [0.05, 0.1) is 0 Å². The van der Waals surface area contributed by atoms with Gasteiger partial charge in [-0.15, -0.1) is 0 Å². The highest BCUT2D eigenvalue weighted by Crippen LogP contribution is 2.12. The van der Waals surface area contributed by atoms with E-state index in [9.17, 15) is 0 Å². The van der Waals surface area contributed by atoms with Crippen LogP contribution in [0.2, 0.25) is 0 Å². The number of rotatable bonds is 4. The molecule has 2 heteroatoms. The quantitative estimate of drug-likeness (QED) is 0.767. The van der Waals surface area contributed by atoms with Gasteiger partial charge in [0.2, 0.25) is 0 Å². The molecule has 18 heavy (non-hydrogen) atoms. The second-order valence-electron chi connectivity index (χ2n) is 3.78. The van der Waals surface area contributed by atoms with Crippen LogP contribution in [0.4, 0.5) is 5.69 Å². The highest BCUT2D eigenvalue weighted by atomic mass is 35.5. The van der Waals surface area contributed by atoms with E-state index < -0.39 is 0 Å². The standard InChI is InChI=1S/C16H14ClN/c17-15(13-14-7-3-1-4-8-14)11-12-18-16-9-5-2-6-10-16/h1-13,18H. The minimum absolute atomic E-state index is 0.685. The van der Waals surface area contributed by atoms with Crippen LogP contribution in [0.3, 0.4) is 0 Å². The predicted octanol–water partition coefficient (Wildman–Crippen LogP) is 4.89. The Labute approximate surface area is 112 Å². The monoisotopic (exact) mass is 255 g/mol. The molecule has 2 aromatic rings. The molecule has 0 aromatic heterocycles. The number of anilines is 1. The zero-order chi connectivity index (χ0) is 12.6. The number of benzene rings is 2. The van der Waals surface area contributed by atoms with E-state index in [1.165, 1.54) is 0 Å². The molecule has 0 aliphatic heterocycles. The zero-order valence-corrected chi connectivity index (χ0v) is 10.6. The van der Waals surface area contributed by atoms with Crippen LogP contribution in [0.15, 0.2) is 78.0 Å². The van der Waals surface area contributed by atoms with Gasteiger partial charge in [0.15, 0.2) is 0 Å². The molecule has 0 atom stereocenters. The molecular weight excluding hydrogens is 242 g/mol. The van der Waals surface area contributed by atoms with E-state index in [4.69, 9.17) is 11.6 Å². The van der Waals surface area contributed by atoms with Gasteiger partial charge in [-0.3, -0.25) is 0 Å². The second-order valence-corrected chi connectivity index (χ2v) is 4.22. The van der Waals surface area contributed by atoms with Crippen LogP contribution in [-0.2, 0) is 0 Å². The Bertz CT molecular complexity index is 530. The van der Waals surface area contributed by atoms with Crippen molar-refractivity contribution in [2.24, 2.45) is 0 Å². The van der Waals surface area contributed by atoms with Crippen LogP contribution in [0.1, 0.15) is 5.56 Å². The number of hydrogen-bond donors (Lipinski definition) is 1. The van der Waals surface area contributed by atoms with Crippen molar-refractivity contribution in [2.75, 3.05) is 5.32 Å². The minimum atomic E-state index is 0.685. The summed E-state index contributed by atoms with van der Waals surface area (Å²) in [7, 11) is 0. The number of hydrogen-bond acceptors (Lipinski definition) is 1. The van der Waals surface area contributed by atoms with Crippen molar-refractivity contribution in [3.05, 3.63) is 83.5 Å². The Balaban J connectivity index is 1.95. The SMILES string of the molecule is ClC(C=CNc1ccccc1)=Cc1ccccc1.